The first-order valence-corrected chi connectivity index (χ1v) is 10.9. The highest BCUT2D eigenvalue weighted by Crippen LogP contribution is 2.18. The number of piperidine rings is 1. The first kappa shape index (κ1) is 18.2. The molecular weight excluding hydrogens is 334 g/mol. The SMILES string of the molecule is Cc1ncsc1CCCNC(=O)N1CCC[C@@H](CS(C)(=O)=O)C1. The van der Waals surface area contributed by atoms with Gasteiger partial charge in [0, 0.05) is 30.8 Å². The molecule has 0 radical (unpaired) electrons. The van der Waals surface area contributed by atoms with Crippen LogP contribution in [0.1, 0.15) is 29.8 Å². The monoisotopic (exact) mass is 359 g/mol. The smallest absolute Gasteiger partial charge is 0.317 e. The first-order chi connectivity index (χ1) is 10.8. The van der Waals surface area contributed by atoms with Crippen LogP contribution in [0.5, 0.6) is 0 Å². The van der Waals surface area contributed by atoms with Gasteiger partial charge in [0.15, 0.2) is 0 Å². The third-order valence-electron chi connectivity index (χ3n) is 4.05. The van der Waals surface area contributed by atoms with E-state index in [0.717, 1.165) is 31.4 Å². The molecule has 0 saturated carbocycles. The summed E-state index contributed by atoms with van der Waals surface area (Å²) in [6, 6.07) is -0.0794. The Hall–Kier alpha value is -1.15. The van der Waals surface area contributed by atoms with Gasteiger partial charge in [-0.15, -0.1) is 11.3 Å². The molecule has 1 aromatic rings. The van der Waals surface area contributed by atoms with Gasteiger partial charge >= 0.3 is 6.03 Å². The van der Waals surface area contributed by atoms with E-state index >= 15 is 0 Å². The van der Waals surface area contributed by atoms with E-state index in [4.69, 9.17) is 0 Å². The van der Waals surface area contributed by atoms with Crippen molar-refractivity contribution in [2.24, 2.45) is 5.92 Å². The lowest BCUT2D eigenvalue weighted by atomic mass is 10.0. The van der Waals surface area contributed by atoms with Gasteiger partial charge in [0.05, 0.1) is 17.0 Å². The molecule has 2 heterocycles. The zero-order valence-electron chi connectivity index (χ0n) is 13.7. The number of carbonyl (C=O) groups excluding carboxylic acids is 1. The maximum absolute atomic E-state index is 12.2. The van der Waals surface area contributed by atoms with E-state index in [2.05, 4.69) is 10.3 Å². The van der Waals surface area contributed by atoms with Gasteiger partial charge in [0.2, 0.25) is 0 Å². The number of nitrogens with one attached hydrogen (secondary N) is 1. The second-order valence-corrected chi connectivity index (χ2v) is 9.37. The molecule has 2 amide bonds. The minimum absolute atomic E-state index is 0.0596. The van der Waals surface area contributed by atoms with Crippen LogP contribution in [-0.2, 0) is 16.3 Å². The van der Waals surface area contributed by atoms with Crippen molar-refractivity contribution in [2.75, 3.05) is 31.6 Å². The molecule has 0 bridgehead atoms. The highest BCUT2D eigenvalue weighted by molar-refractivity contribution is 7.90. The molecule has 1 atom stereocenters. The third-order valence-corrected chi connectivity index (χ3v) is 6.12. The molecular formula is C15H25N3O3S2. The minimum Gasteiger partial charge on any atom is -0.338 e. The number of amides is 2. The van der Waals surface area contributed by atoms with E-state index in [1.165, 1.54) is 11.1 Å². The summed E-state index contributed by atoms with van der Waals surface area (Å²) in [5.74, 6) is 0.228. The van der Waals surface area contributed by atoms with E-state index in [1.807, 2.05) is 12.4 Å². The average molecular weight is 360 g/mol. The summed E-state index contributed by atoms with van der Waals surface area (Å²) in [6.07, 6.45) is 4.81. The molecule has 1 aromatic heterocycles. The topological polar surface area (TPSA) is 79.4 Å². The molecule has 0 spiro atoms. The fraction of sp³-hybridized carbons (Fsp3) is 0.733. The first-order valence-electron chi connectivity index (χ1n) is 7.94. The molecule has 1 saturated heterocycles. The maximum Gasteiger partial charge on any atom is 0.317 e. The Morgan fingerprint density at radius 3 is 2.96 bits per heavy atom. The van der Waals surface area contributed by atoms with E-state index in [0.29, 0.717) is 19.6 Å². The van der Waals surface area contributed by atoms with Gasteiger partial charge in [-0.1, -0.05) is 0 Å². The lowest BCUT2D eigenvalue weighted by Crippen LogP contribution is -2.46. The van der Waals surface area contributed by atoms with Gasteiger partial charge in [-0.05, 0) is 38.5 Å². The summed E-state index contributed by atoms with van der Waals surface area (Å²) in [5.41, 5.74) is 2.92. The highest BCUT2D eigenvalue weighted by Gasteiger charge is 2.25. The zero-order valence-corrected chi connectivity index (χ0v) is 15.4. The van der Waals surface area contributed by atoms with E-state index in [-0.39, 0.29) is 17.7 Å². The van der Waals surface area contributed by atoms with Crippen LogP contribution in [0.2, 0.25) is 0 Å². The Kier molecular flexibility index (Phi) is 6.41. The Labute approximate surface area is 142 Å². The summed E-state index contributed by atoms with van der Waals surface area (Å²) in [4.78, 5) is 19.4. The van der Waals surface area contributed by atoms with Crippen LogP contribution in [0.4, 0.5) is 4.79 Å². The van der Waals surface area contributed by atoms with Gasteiger partial charge in [-0.2, -0.15) is 0 Å². The van der Waals surface area contributed by atoms with Crippen LogP contribution in [0.15, 0.2) is 5.51 Å². The number of hydrogen-bond acceptors (Lipinski definition) is 5. The van der Waals surface area contributed by atoms with E-state index in [1.54, 1.807) is 16.2 Å². The number of hydrogen-bond donors (Lipinski definition) is 1. The molecule has 0 unspecified atom stereocenters. The van der Waals surface area contributed by atoms with Gasteiger partial charge < -0.3 is 10.2 Å². The van der Waals surface area contributed by atoms with Crippen molar-refractivity contribution in [2.45, 2.75) is 32.6 Å². The number of carbonyl (C=O) groups is 1. The number of aromatic nitrogens is 1. The van der Waals surface area contributed by atoms with Crippen molar-refractivity contribution in [1.82, 2.24) is 15.2 Å². The molecule has 23 heavy (non-hydrogen) atoms. The third kappa shape index (κ3) is 6.10. The normalized spacial score (nSPS) is 18.9. The van der Waals surface area contributed by atoms with Crippen molar-refractivity contribution in [1.29, 1.82) is 0 Å². The van der Waals surface area contributed by atoms with Crippen molar-refractivity contribution < 1.29 is 13.2 Å². The van der Waals surface area contributed by atoms with E-state index < -0.39 is 9.84 Å². The van der Waals surface area contributed by atoms with Gasteiger partial charge in [-0.25, -0.2) is 18.2 Å². The van der Waals surface area contributed by atoms with Crippen molar-refractivity contribution in [3.63, 3.8) is 0 Å². The van der Waals surface area contributed by atoms with Crippen LogP contribution in [0.25, 0.3) is 0 Å². The number of rotatable bonds is 6. The van der Waals surface area contributed by atoms with Crippen molar-refractivity contribution in [3.8, 4) is 0 Å². The van der Waals surface area contributed by atoms with E-state index in [9.17, 15) is 13.2 Å². The fourth-order valence-corrected chi connectivity index (χ4v) is 4.89. The number of aryl methyl sites for hydroxylation is 2. The summed E-state index contributed by atoms with van der Waals surface area (Å²) >= 11 is 1.65. The van der Waals surface area contributed by atoms with Crippen molar-refractivity contribution in [3.05, 3.63) is 16.1 Å². The maximum atomic E-state index is 12.2. The van der Waals surface area contributed by atoms with Gasteiger partial charge in [0.25, 0.3) is 0 Å². The van der Waals surface area contributed by atoms with Gasteiger partial charge in [0.1, 0.15) is 9.84 Å². The van der Waals surface area contributed by atoms with Crippen LogP contribution in [0, 0.1) is 12.8 Å². The van der Waals surface area contributed by atoms with Crippen molar-refractivity contribution >= 4 is 27.2 Å². The number of likely N-dealkylation sites (tertiary alicyclic amines) is 1. The molecule has 1 fully saturated rings. The molecule has 1 N–H and O–H groups in total. The summed E-state index contributed by atoms with van der Waals surface area (Å²) in [6.45, 7) is 3.87. The van der Waals surface area contributed by atoms with Crippen LogP contribution in [-0.4, -0.2) is 56.0 Å². The number of thiazole rings is 1. The number of urea groups is 1. The standard InChI is InChI=1S/C15H25N3O3S2/c1-12-14(22-11-17-12)6-3-7-16-15(19)18-8-4-5-13(9-18)10-23(2,20)21/h11,13H,3-10H2,1-2H3,(H,16,19)/t13-/m1/s1. The molecule has 1 aliphatic rings. The summed E-state index contributed by atoms with van der Waals surface area (Å²) < 4.78 is 22.8. The zero-order chi connectivity index (χ0) is 16.9. The lowest BCUT2D eigenvalue weighted by molar-refractivity contribution is 0.170. The molecule has 1 aliphatic heterocycles. The second-order valence-electron chi connectivity index (χ2n) is 6.24. The fourth-order valence-electron chi connectivity index (χ4n) is 2.94. The average Bonchev–Trinajstić information content (AvgIpc) is 2.87. The number of nitrogens with zero attached hydrogens (tertiary/aromatic N) is 2. The molecule has 0 aliphatic carbocycles. The Bertz CT molecular complexity index is 628. The number of sulfone groups is 1. The van der Waals surface area contributed by atoms with Crippen LogP contribution >= 0.6 is 11.3 Å². The highest BCUT2D eigenvalue weighted by atomic mass is 32.2. The lowest BCUT2D eigenvalue weighted by Gasteiger charge is -2.32. The Morgan fingerprint density at radius 1 is 1.52 bits per heavy atom. The second kappa shape index (κ2) is 8.10. The molecule has 0 aromatic carbocycles. The Morgan fingerprint density at radius 2 is 2.30 bits per heavy atom. The predicted octanol–water partition coefficient (Wildman–Crippen LogP) is 1.85. The molecule has 130 valence electrons. The summed E-state index contributed by atoms with van der Waals surface area (Å²) in [7, 11) is -2.99. The van der Waals surface area contributed by atoms with Crippen LogP contribution < -0.4 is 5.32 Å². The Balaban J connectivity index is 1.71. The predicted molar refractivity (Wildman–Crippen MR) is 92.6 cm³/mol. The van der Waals surface area contributed by atoms with Crippen LogP contribution in [0.3, 0.4) is 0 Å². The largest absolute Gasteiger partial charge is 0.338 e. The van der Waals surface area contributed by atoms with Gasteiger partial charge in [-0.3, -0.25) is 0 Å². The minimum atomic E-state index is -2.99. The molecule has 8 heteroatoms. The quantitative estimate of drug-likeness (QED) is 0.786. The summed E-state index contributed by atoms with van der Waals surface area (Å²) in [5, 5.41) is 2.94. The molecule has 2 rings (SSSR count). The molecule has 6 nitrogen and oxygen atoms in total.